The fraction of sp³-hybridized carbons (Fsp3) is 0.211. The number of tetrazole rings is 1. The van der Waals surface area contributed by atoms with Crippen molar-refractivity contribution in [2.75, 3.05) is 11.4 Å². The van der Waals surface area contributed by atoms with Gasteiger partial charge in [-0.1, -0.05) is 23.7 Å². The number of carbonyl (C=O) groups excluding carboxylic acids is 2. The minimum atomic E-state index is -0.588. The van der Waals surface area contributed by atoms with E-state index in [1.807, 2.05) is 24.3 Å². The summed E-state index contributed by atoms with van der Waals surface area (Å²) in [6.45, 7) is 0.282. The molecule has 0 radical (unpaired) electrons. The molecule has 8 nitrogen and oxygen atoms in total. The molecule has 1 unspecified atom stereocenters. The lowest BCUT2D eigenvalue weighted by Gasteiger charge is -2.17. The Morgan fingerprint density at radius 3 is 2.66 bits per heavy atom. The van der Waals surface area contributed by atoms with Crippen molar-refractivity contribution in [2.45, 2.75) is 18.9 Å². The van der Waals surface area contributed by atoms with Gasteiger partial charge in [0.25, 0.3) is 0 Å². The minimum absolute atomic E-state index is 0.00338. The molecular weight excluding hydrogens is 399 g/mol. The summed E-state index contributed by atoms with van der Waals surface area (Å²) in [6.07, 6.45) is 1.82. The summed E-state index contributed by atoms with van der Waals surface area (Å²) in [6, 6.07) is 11.1. The Labute approximate surface area is 170 Å². The number of carbonyl (C=O) groups is 2. The molecule has 1 aliphatic rings. The zero-order valence-electron chi connectivity index (χ0n) is 15.1. The van der Waals surface area contributed by atoms with E-state index in [9.17, 15) is 14.0 Å². The number of halogens is 2. The summed E-state index contributed by atoms with van der Waals surface area (Å²) in [4.78, 5) is 26.1. The van der Waals surface area contributed by atoms with Gasteiger partial charge in [0.15, 0.2) is 0 Å². The van der Waals surface area contributed by atoms with Crippen molar-refractivity contribution in [1.82, 2.24) is 25.5 Å². The molecule has 1 N–H and O–H groups in total. The molecule has 10 heteroatoms. The number of hydrogen-bond donors (Lipinski definition) is 1. The standard InChI is InChI=1S/C19H16ClFN6O2/c20-16-6-5-15(9-17(16)21)26-10-13(8-19(26)29)23-18(28)7-12-1-3-14(4-2-12)27-11-22-24-25-27/h1-6,9,11,13H,7-8,10H2,(H,23,28). The van der Waals surface area contributed by atoms with Crippen molar-refractivity contribution >= 4 is 29.1 Å². The molecular formula is C19H16ClFN6O2. The molecule has 2 aromatic carbocycles. The van der Waals surface area contributed by atoms with Gasteiger partial charge in [-0.3, -0.25) is 9.59 Å². The van der Waals surface area contributed by atoms with Crippen LogP contribution in [0.2, 0.25) is 5.02 Å². The third-order valence-corrected chi connectivity index (χ3v) is 4.93. The van der Waals surface area contributed by atoms with Crippen LogP contribution in [0.5, 0.6) is 0 Å². The molecule has 1 saturated heterocycles. The number of nitrogens with one attached hydrogen (secondary N) is 1. The second-order valence-corrected chi connectivity index (χ2v) is 7.08. The monoisotopic (exact) mass is 414 g/mol. The first-order chi connectivity index (χ1) is 14.0. The Kier molecular flexibility index (Phi) is 5.22. The molecule has 0 bridgehead atoms. The summed E-state index contributed by atoms with van der Waals surface area (Å²) in [7, 11) is 0. The molecule has 3 aromatic rings. The fourth-order valence-electron chi connectivity index (χ4n) is 3.22. The maximum absolute atomic E-state index is 13.7. The molecule has 148 valence electrons. The van der Waals surface area contributed by atoms with E-state index in [1.54, 1.807) is 6.07 Å². The van der Waals surface area contributed by atoms with Crippen molar-refractivity contribution in [3.63, 3.8) is 0 Å². The van der Waals surface area contributed by atoms with E-state index >= 15 is 0 Å². The van der Waals surface area contributed by atoms with E-state index in [0.29, 0.717) is 5.69 Å². The first-order valence-electron chi connectivity index (χ1n) is 8.86. The van der Waals surface area contributed by atoms with Crippen LogP contribution in [0.25, 0.3) is 5.69 Å². The second-order valence-electron chi connectivity index (χ2n) is 6.67. The summed E-state index contributed by atoms with van der Waals surface area (Å²) in [5.41, 5.74) is 2.03. The predicted octanol–water partition coefficient (Wildman–Crippen LogP) is 1.92. The quantitative estimate of drug-likeness (QED) is 0.688. The molecule has 0 saturated carbocycles. The predicted molar refractivity (Wildman–Crippen MR) is 103 cm³/mol. The van der Waals surface area contributed by atoms with Gasteiger partial charge in [0.2, 0.25) is 11.8 Å². The third-order valence-electron chi connectivity index (χ3n) is 4.62. The first kappa shape index (κ1) is 19.0. The molecule has 1 atom stereocenters. The van der Waals surface area contributed by atoms with Crippen LogP contribution < -0.4 is 10.2 Å². The van der Waals surface area contributed by atoms with Crippen molar-refractivity contribution in [3.8, 4) is 5.69 Å². The Hall–Kier alpha value is -3.33. The third kappa shape index (κ3) is 4.24. The van der Waals surface area contributed by atoms with Gasteiger partial charge >= 0.3 is 0 Å². The maximum atomic E-state index is 13.7. The molecule has 0 aliphatic carbocycles. The number of nitrogens with zero attached hydrogens (tertiary/aromatic N) is 5. The van der Waals surface area contributed by atoms with Crippen molar-refractivity contribution < 1.29 is 14.0 Å². The Balaban J connectivity index is 1.35. The smallest absolute Gasteiger partial charge is 0.229 e. The van der Waals surface area contributed by atoms with Crippen LogP contribution in [0.15, 0.2) is 48.8 Å². The van der Waals surface area contributed by atoms with E-state index in [1.165, 1.54) is 28.0 Å². The number of anilines is 1. The average Bonchev–Trinajstić information content (AvgIpc) is 3.35. The van der Waals surface area contributed by atoms with Gasteiger partial charge in [-0.25, -0.2) is 9.07 Å². The fourth-order valence-corrected chi connectivity index (χ4v) is 3.33. The van der Waals surface area contributed by atoms with Crippen molar-refractivity contribution in [3.05, 3.63) is 65.2 Å². The minimum Gasteiger partial charge on any atom is -0.351 e. The lowest BCUT2D eigenvalue weighted by Crippen LogP contribution is -2.38. The highest BCUT2D eigenvalue weighted by atomic mass is 35.5. The van der Waals surface area contributed by atoms with Gasteiger partial charge in [-0.05, 0) is 46.3 Å². The zero-order valence-corrected chi connectivity index (χ0v) is 15.9. The first-order valence-corrected chi connectivity index (χ1v) is 9.24. The molecule has 29 heavy (non-hydrogen) atoms. The van der Waals surface area contributed by atoms with E-state index in [4.69, 9.17) is 11.6 Å². The van der Waals surface area contributed by atoms with Crippen LogP contribution in [-0.4, -0.2) is 44.6 Å². The highest BCUT2D eigenvalue weighted by Crippen LogP contribution is 2.25. The van der Waals surface area contributed by atoms with E-state index < -0.39 is 5.82 Å². The van der Waals surface area contributed by atoms with Gasteiger partial charge < -0.3 is 10.2 Å². The Morgan fingerprint density at radius 2 is 1.97 bits per heavy atom. The van der Waals surface area contributed by atoms with Crippen LogP contribution >= 0.6 is 11.6 Å². The van der Waals surface area contributed by atoms with E-state index in [0.717, 1.165) is 11.3 Å². The summed E-state index contributed by atoms with van der Waals surface area (Å²) < 4.78 is 15.2. The highest BCUT2D eigenvalue weighted by Gasteiger charge is 2.31. The van der Waals surface area contributed by atoms with Gasteiger partial charge in [0.05, 0.1) is 23.2 Å². The zero-order chi connectivity index (χ0) is 20.4. The number of aromatic nitrogens is 4. The number of rotatable bonds is 5. The van der Waals surface area contributed by atoms with Crippen molar-refractivity contribution in [2.24, 2.45) is 0 Å². The topological polar surface area (TPSA) is 93.0 Å². The van der Waals surface area contributed by atoms with Crippen LogP contribution in [0.3, 0.4) is 0 Å². The van der Waals surface area contributed by atoms with Crippen LogP contribution in [-0.2, 0) is 16.0 Å². The van der Waals surface area contributed by atoms with Gasteiger partial charge in [0.1, 0.15) is 12.1 Å². The Morgan fingerprint density at radius 1 is 1.21 bits per heavy atom. The molecule has 0 spiro atoms. The van der Waals surface area contributed by atoms with Crippen LogP contribution in [0.4, 0.5) is 10.1 Å². The van der Waals surface area contributed by atoms with E-state index in [2.05, 4.69) is 20.8 Å². The number of hydrogen-bond acceptors (Lipinski definition) is 5. The van der Waals surface area contributed by atoms with Crippen LogP contribution in [0, 0.1) is 5.82 Å². The normalized spacial score (nSPS) is 16.3. The molecule has 1 fully saturated rings. The number of benzene rings is 2. The number of amides is 2. The average molecular weight is 415 g/mol. The maximum Gasteiger partial charge on any atom is 0.229 e. The summed E-state index contributed by atoms with van der Waals surface area (Å²) in [5, 5.41) is 13.8. The van der Waals surface area contributed by atoms with Crippen molar-refractivity contribution in [1.29, 1.82) is 0 Å². The molecule has 1 aromatic heterocycles. The summed E-state index contributed by atoms with van der Waals surface area (Å²) in [5.74, 6) is -0.959. The van der Waals surface area contributed by atoms with Crippen LogP contribution in [0.1, 0.15) is 12.0 Å². The SMILES string of the molecule is O=C(Cc1ccc(-n2cnnn2)cc1)NC1CC(=O)N(c2ccc(Cl)c(F)c2)C1. The van der Waals surface area contributed by atoms with E-state index in [-0.39, 0.29) is 42.3 Å². The van der Waals surface area contributed by atoms with Gasteiger partial charge in [0, 0.05) is 18.7 Å². The van der Waals surface area contributed by atoms with Gasteiger partial charge in [-0.15, -0.1) is 5.10 Å². The lowest BCUT2D eigenvalue weighted by molar-refractivity contribution is -0.121. The van der Waals surface area contributed by atoms with Gasteiger partial charge in [-0.2, -0.15) is 0 Å². The molecule has 4 rings (SSSR count). The lowest BCUT2D eigenvalue weighted by atomic mass is 10.1. The Bertz CT molecular complexity index is 1040. The summed E-state index contributed by atoms with van der Waals surface area (Å²) >= 11 is 5.69. The molecule has 2 heterocycles. The largest absolute Gasteiger partial charge is 0.351 e. The molecule has 2 amide bonds. The molecule has 1 aliphatic heterocycles. The second kappa shape index (κ2) is 7.96. The highest BCUT2D eigenvalue weighted by molar-refractivity contribution is 6.30.